The van der Waals surface area contributed by atoms with Crippen LogP contribution < -0.4 is 10.1 Å². The van der Waals surface area contributed by atoms with Gasteiger partial charge in [0.05, 0.1) is 0 Å². The van der Waals surface area contributed by atoms with Crippen molar-refractivity contribution in [3.63, 3.8) is 0 Å². The van der Waals surface area contributed by atoms with Crippen molar-refractivity contribution in [2.24, 2.45) is 0 Å². The molecule has 0 radical (unpaired) electrons. The Bertz CT molecular complexity index is 515. The highest BCUT2D eigenvalue weighted by Crippen LogP contribution is 2.17. The number of benzene rings is 1. The Morgan fingerprint density at radius 1 is 1.14 bits per heavy atom. The molecule has 22 heavy (non-hydrogen) atoms. The van der Waals surface area contributed by atoms with E-state index in [0.717, 1.165) is 25.7 Å². The van der Waals surface area contributed by atoms with Crippen LogP contribution in [0.3, 0.4) is 0 Å². The summed E-state index contributed by atoms with van der Waals surface area (Å²) in [4.78, 5) is 23.1. The van der Waals surface area contributed by atoms with Gasteiger partial charge in [-0.05, 0) is 25.0 Å². The molecule has 0 atom stereocenters. The molecule has 0 saturated heterocycles. The van der Waals surface area contributed by atoms with Crippen molar-refractivity contribution in [3.05, 3.63) is 30.1 Å². The molecule has 0 heterocycles. The maximum absolute atomic E-state index is 13.3. The number of rotatable bonds is 6. The Labute approximate surface area is 128 Å². The topological polar surface area (TPSA) is 64.6 Å². The Kier molecular flexibility index (Phi) is 6.18. The van der Waals surface area contributed by atoms with Crippen LogP contribution in [0, 0.1) is 5.82 Å². The van der Waals surface area contributed by atoms with Gasteiger partial charge in [-0.3, -0.25) is 4.79 Å². The van der Waals surface area contributed by atoms with Crippen LogP contribution in [0.2, 0.25) is 0 Å². The number of hydrogen-bond acceptors (Lipinski definition) is 4. The minimum atomic E-state index is -0.706. The number of hydrogen-bond donors (Lipinski definition) is 1. The van der Waals surface area contributed by atoms with Gasteiger partial charge in [0.1, 0.15) is 0 Å². The molecule has 6 heteroatoms. The Hall–Kier alpha value is -2.11. The molecule has 1 N–H and O–H groups in total. The largest absolute Gasteiger partial charge is 0.479 e. The molecule has 120 valence electrons. The zero-order valence-electron chi connectivity index (χ0n) is 12.3. The lowest BCUT2D eigenvalue weighted by Crippen LogP contribution is -2.39. The average Bonchev–Trinajstić information content (AvgIpc) is 2.53. The predicted molar refractivity (Wildman–Crippen MR) is 77.9 cm³/mol. The van der Waals surface area contributed by atoms with Gasteiger partial charge < -0.3 is 14.8 Å². The first-order valence-corrected chi connectivity index (χ1v) is 7.47. The normalized spacial score (nSPS) is 15.1. The maximum Gasteiger partial charge on any atom is 0.344 e. The van der Waals surface area contributed by atoms with E-state index in [2.05, 4.69) is 5.32 Å². The molecule has 1 fully saturated rings. The van der Waals surface area contributed by atoms with E-state index in [1.807, 2.05) is 0 Å². The van der Waals surface area contributed by atoms with Gasteiger partial charge in [0.2, 0.25) is 0 Å². The lowest BCUT2D eigenvalue weighted by molar-refractivity contribution is -0.150. The fourth-order valence-corrected chi connectivity index (χ4v) is 2.40. The first-order chi connectivity index (χ1) is 10.6. The van der Waals surface area contributed by atoms with E-state index in [1.165, 1.54) is 24.6 Å². The van der Waals surface area contributed by atoms with Gasteiger partial charge in [0, 0.05) is 6.04 Å². The van der Waals surface area contributed by atoms with E-state index in [0.29, 0.717) is 0 Å². The van der Waals surface area contributed by atoms with Crippen LogP contribution in [0.1, 0.15) is 32.1 Å². The summed E-state index contributed by atoms with van der Waals surface area (Å²) in [5.74, 6) is -1.59. The van der Waals surface area contributed by atoms with E-state index in [-0.39, 0.29) is 24.3 Å². The molecular weight excluding hydrogens is 289 g/mol. The van der Waals surface area contributed by atoms with Crippen LogP contribution in [0.4, 0.5) is 4.39 Å². The number of esters is 1. The van der Waals surface area contributed by atoms with Gasteiger partial charge in [-0.1, -0.05) is 31.4 Å². The monoisotopic (exact) mass is 309 g/mol. The minimum Gasteiger partial charge on any atom is -0.479 e. The molecular formula is C16H20FNO4. The van der Waals surface area contributed by atoms with E-state index in [4.69, 9.17) is 9.47 Å². The van der Waals surface area contributed by atoms with Crippen molar-refractivity contribution in [1.29, 1.82) is 0 Å². The van der Waals surface area contributed by atoms with Crippen molar-refractivity contribution in [1.82, 2.24) is 5.32 Å². The standard InChI is InChI=1S/C16H20FNO4/c17-13-8-4-5-9-14(13)21-11-16(20)22-10-15(19)18-12-6-2-1-3-7-12/h4-5,8-9,12H,1-3,6-7,10-11H2,(H,18,19). The summed E-state index contributed by atoms with van der Waals surface area (Å²) >= 11 is 0. The summed E-state index contributed by atoms with van der Waals surface area (Å²) in [6.45, 7) is -0.770. The second kappa shape index (κ2) is 8.36. The number of amides is 1. The number of para-hydroxylation sites is 1. The lowest BCUT2D eigenvalue weighted by Gasteiger charge is -2.22. The number of halogens is 1. The average molecular weight is 309 g/mol. The Morgan fingerprint density at radius 3 is 2.59 bits per heavy atom. The number of carbonyl (C=O) groups excluding carboxylic acids is 2. The summed E-state index contributed by atoms with van der Waals surface area (Å²) < 4.78 is 23.1. The zero-order chi connectivity index (χ0) is 15.8. The molecule has 1 aliphatic carbocycles. The molecule has 1 aromatic rings. The first-order valence-electron chi connectivity index (χ1n) is 7.47. The fourth-order valence-electron chi connectivity index (χ4n) is 2.40. The van der Waals surface area contributed by atoms with Crippen LogP contribution in [-0.2, 0) is 14.3 Å². The molecule has 2 rings (SSSR count). The molecule has 0 aromatic heterocycles. The van der Waals surface area contributed by atoms with E-state index in [1.54, 1.807) is 6.07 Å². The zero-order valence-corrected chi connectivity index (χ0v) is 12.3. The summed E-state index contributed by atoms with van der Waals surface area (Å²) in [5.41, 5.74) is 0. The summed E-state index contributed by atoms with van der Waals surface area (Å²) in [6.07, 6.45) is 5.36. The van der Waals surface area contributed by atoms with E-state index < -0.39 is 18.4 Å². The smallest absolute Gasteiger partial charge is 0.344 e. The van der Waals surface area contributed by atoms with Crippen molar-refractivity contribution < 1.29 is 23.5 Å². The second-order valence-electron chi connectivity index (χ2n) is 5.28. The predicted octanol–water partition coefficient (Wildman–Crippen LogP) is 2.20. The molecule has 0 aliphatic heterocycles. The lowest BCUT2D eigenvalue weighted by atomic mass is 9.95. The van der Waals surface area contributed by atoms with Crippen molar-refractivity contribution in [2.75, 3.05) is 13.2 Å². The molecule has 1 aromatic carbocycles. The highest BCUT2D eigenvalue weighted by molar-refractivity contribution is 5.81. The Morgan fingerprint density at radius 2 is 1.86 bits per heavy atom. The fraction of sp³-hybridized carbons (Fsp3) is 0.500. The van der Waals surface area contributed by atoms with Crippen LogP contribution in [0.25, 0.3) is 0 Å². The second-order valence-corrected chi connectivity index (χ2v) is 5.28. The van der Waals surface area contributed by atoms with Gasteiger partial charge in [0.15, 0.2) is 24.8 Å². The molecule has 0 unspecified atom stereocenters. The van der Waals surface area contributed by atoms with Crippen LogP contribution >= 0.6 is 0 Å². The van der Waals surface area contributed by atoms with Crippen LogP contribution in [-0.4, -0.2) is 31.1 Å². The number of ether oxygens (including phenoxy) is 2. The van der Waals surface area contributed by atoms with Gasteiger partial charge >= 0.3 is 5.97 Å². The third-order valence-corrected chi connectivity index (χ3v) is 3.52. The highest BCUT2D eigenvalue weighted by Gasteiger charge is 2.16. The van der Waals surface area contributed by atoms with Gasteiger partial charge in [-0.25, -0.2) is 9.18 Å². The van der Waals surface area contributed by atoms with Crippen molar-refractivity contribution >= 4 is 11.9 Å². The number of carbonyl (C=O) groups is 2. The number of nitrogens with one attached hydrogen (secondary N) is 1. The quantitative estimate of drug-likeness (QED) is 0.818. The molecule has 0 bridgehead atoms. The molecule has 1 saturated carbocycles. The van der Waals surface area contributed by atoms with E-state index in [9.17, 15) is 14.0 Å². The van der Waals surface area contributed by atoms with Gasteiger partial charge in [-0.15, -0.1) is 0 Å². The molecule has 5 nitrogen and oxygen atoms in total. The molecule has 1 aliphatic rings. The summed E-state index contributed by atoms with van der Waals surface area (Å²) in [7, 11) is 0. The summed E-state index contributed by atoms with van der Waals surface area (Å²) in [5, 5.41) is 2.84. The van der Waals surface area contributed by atoms with Crippen molar-refractivity contribution in [3.8, 4) is 5.75 Å². The maximum atomic E-state index is 13.3. The third-order valence-electron chi connectivity index (χ3n) is 3.52. The first kappa shape index (κ1) is 16.3. The van der Waals surface area contributed by atoms with E-state index >= 15 is 0 Å². The molecule has 1 amide bonds. The van der Waals surface area contributed by atoms with Gasteiger partial charge in [0.25, 0.3) is 5.91 Å². The van der Waals surface area contributed by atoms with Crippen molar-refractivity contribution in [2.45, 2.75) is 38.1 Å². The SMILES string of the molecule is O=C(COC(=O)COc1ccccc1F)NC1CCCCC1. The van der Waals surface area contributed by atoms with Crippen LogP contribution in [0.15, 0.2) is 24.3 Å². The third kappa shape index (κ3) is 5.35. The Balaban J connectivity index is 1.64. The molecule has 0 spiro atoms. The highest BCUT2D eigenvalue weighted by atomic mass is 19.1. The summed E-state index contributed by atoms with van der Waals surface area (Å²) in [6, 6.07) is 5.95. The minimum absolute atomic E-state index is 0.0221. The van der Waals surface area contributed by atoms with Crippen LogP contribution in [0.5, 0.6) is 5.75 Å². The van der Waals surface area contributed by atoms with Gasteiger partial charge in [-0.2, -0.15) is 0 Å².